The van der Waals surface area contributed by atoms with Crippen molar-refractivity contribution in [2.24, 2.45) is 0 Å². The molecule has 164 valence electrons. The minimum absolute atomic E-state index is 0.0150. The molecule has 6 nitrogen and oxygen atoms in total. The smallest absolute Gasteiger partial charge is 0.226 e. The van der Waals surface area contributed by atoms with Gasteiger partial charge in [0.1, 0.15) is 5.76 Å². The van der Waals surface area contributed by atoms with Crippen LogP contribution in [0.1, 0.15) is 29.5 Å². The van der Waals surface area contributed by atoms with Gasteiger partial charge in [0.15, 0.2) is 10.8 Å². The molecule has 0 bridgehead atoms. The molecule has 31 heavy (non-hydrogen) atoms. The molecule has 1 amide bonds. The van der Waals surface area contributed by atoms with Crippen LogP contribution < -0.4 is 5.32 Å². The Morgan fingerprint density at radius 2 is 1.84 bits per heavy atom. The molecule has 0 aliphatic carbocycles. The molecular formula is C24H30N4O2S. The number of aromatic nitrogens is 1. The van der Waals surface area contributed by atoms with Crippen LogP contribution in [0.3, 0.4) is 0 Å². The third-order valence-corrected chi connectivity index (χ3v) is 6.65. The second kappa shape index (κ2) is 10.2. The monoisotopic (exact) mass is 438 g/mol. The van der Waals surface area contributed by atoms with E-state index in [1.807, 2.05) is 30.5 Å². The number of hydrogen-bond acceptors (Lipinski definition) is 6. The van der Waals surface area contributed by atoms with Gasteiger partial charge in [-0.1, -0.05) is 31.2 Å². The fraction of sp³-hybridized carbons (Fsp3) is 0.417. The van der Waals surface area contributed by atoms with E-state index in [0.717, 1.165) is 61.5 Å². The molecule has 0 saturated carbocycles. The fourth-order valence-corrected chi connectivity index (χ4v) is 4.64. The lowest BCUT2D eigenvalue weighted by Gasteiger charge is -2.34. The SMILES string of the molecule is CCN1CCN(Cc2ccccc2CNC(=O)Cc2csc(-c3ccc(C)o3)n2)CC1. The molecule has 2 aromatic heterocycles. The zero-order chi connectivity index (χ0) is 21.6. The highest BCUT2D eigenvalue weighted by Crippen LogP contribution is 2.25. The van der Waals surface area contributed by atoms with Gasteiger partial charge < -0.3 is 14.6 Å². The predicted octanol–water partition coefficient (Wildman–Crippen LogP) is 3.71. The summed E-state index contributed by atoms with van der Waals surface area (Å²) in [5, 5.41) is 5.81. The molecule has 1 N–H and O–H groups in total. The van der Waals surface area contributed by atoms with Gasteiger partial charge >= 0.3 is 0 Å². The molecule has 0 spiro atoms. The van der Waals surface area contributed by atoms with Gasteiger partial charge in [-0.05, 0) is 36.7 Å². The van der Waals surface area contributed by atoms with E-state index in [1.165, 1.54) is 22.5 Å². The van der Waals surface area contributed by atoms with Crippen molar-refractivity contribution in [3.63, 3.8) is 0 Å². The number of likely N-dealkylation sites (N-methyl/N-ethyl adjacent to an activating group) is 1. The van der Waals surface area contributed by atoms with Crippen molar-refractivity contribution in [3.05, 3.63) is 64.4 Å². The Bertz CT molecular complexity index is 1000. The molecular weight excluding hydrogens is 408 g/mol. The molecule has 1 aliphatic heterocycles. The summed E-state index contributed by atoms with van der Waals surface area (Å²) in [4.78, 5) is 22.1. The number of piperazine rings is 1. The van der Waals surface area contributed by atoms with Gasteiger partial charge in [-0.2, -0.15) is 0 Å². The van der Waals surface area contributed by atoms with E-state index >= 15 is 0 Å². The maximum Gasteiger partial charge on any atom is 0.226 e. The van der Waals surface area contributed by atoms with Crippen LogP contribution in [0.15, 0.2) is 46.2 Å². The van der Waals surface area contributed by atoms with Gasteiger partial charge in [-0.3, -0.25) is 9.69 Å². The van der Waals surface area contributed by atoms with Crippen molar-refractivity contribution in [2.45, 2.75) is 33.4 Å². The Kier molecular flexibility index (Phi) is 7.17. The van der Waals surface area contributed by atoms with E-state index in [-0.39, 0.29) is 12.3 Å². The average molecular weight is 439 g/mol. The van der Waals surface area contributed by atoms with Crippen LogP contribution in [0.4, 0.5) is 0 Å². The summed E-state index contributed by atoms with van der Waals surface area (Å²) >= 11 is 1.50. The van der Waals surface area contributed by atoms with Crippen LogP contribution in [0.5, 0.6) is 0 Å². The van der Waals surface area contributed by atoms with E-state index in [2.05, 4.69) is 45.2 Å². The van der Waals surface area contributed by atoms with Gasteiger partial charge in [0, 0.05) is 44.6 Å². The summed E-state index contributed by atoms with van der Waals surface area (Å²) in [5.74, 6) is 1.59. The number of carbonyl (C=O) groups is 1. The first-order valence-corrected chi connectivity index (χ1v) is 11.8. The minimum Gasteiger partial charge on any atom is -0.459 e. The standard InChI is InChI=1S/C24H30N4O2S/c1-3-27-10-12-28(13-11-27)16-20-7-5-4-6-19(20)15-25-23(29)14-21-17-31-24(26-21)22-9-8-18(2)30-22/h4-9,17H,3,10-16H2,1-2H3,(H,25,29). The normalized spacial score (nSPS) is 15.3. The Balaban J connectivity index is 1.30. The molecule has 4 rings (SSSR count). The molecule has 1 aromatic carbocycles. The second-order valence-corrected chi connectivity index (χ2v) is 8.85. The van der Waals surface area contributed by atoms with Gasteiger partial charge in [-0.25, -0.2) is 4.98 Å². The molecule has 0 atom stereocenters. The van der Waals surface area contributed by atoms with E-state index in [0.29, 0.717) is 6.54 Å². The van der Waals surface area contributed by atoms with Gasteiger partial charge in [0.05, 0.1) is 12.1 Å². The molecule has 0 radical (unpaired) electrons. The van der Waals surface area contributed by atoms with Crippen LogP contribution in [-0.2, 0) is 24.3 Å². The summed E-state index contributed by atoms with van der Waals surface area (Å²) in [6.45, 7) is 11.2. The van der Waals surface area contributed by atoms with E-state index < -0.39 is 0 Å². The Labute approximate surface area is 187 Å². The van der Waals surface area contributed by atoms with Gasteiger partial charge in [-0.15, -0.1) is 11.3 Å². The van der Waals surface area contributed by atoms with Crippen molar-refractivity contribution in [1.82, 2.24) is 20.1 Å². The largest absolute Gasteiger partial charge is 0.459 e. The third-order valence-electron chi connectivity index (χ3n) is 5.75. The summed E-state index contributed by atoms with van der Waals surface area (Å²) in [7, 11) is 0. The molecule has 0 unspecified atom stereocenters. The van der Waals surface area contributed by atoms with Crippen molar-refractivity contribution >= 4 is 17.2 Å². The van der Waals surface area contributed by atoms with E-state index in [4.69, 9.17) is 4.42 Å². The summed E-state index contributed by atoms with van der Waals surface area (Å²) in [6.07, 6.45) is 0.275. The number of aryl methyl sites for hydroxylation is 1. The molecule has 3 aromatic rings. The highest BCUT2D eigenvalue weighted by molar-refractivity contribution is 7.13. The van der Waals surface area contributed by atoms with Crippen molar-refractivity contribution in [1.29, 1.82) is 0 Å². The van der Waals surface area contributed by atoms with Crippen LogP contribution >= 0.6 is 11.3 Å². The molecule has 1 saturated heterocycles. The first-order chi connectivity index (χ1) is 15.1. The number of nitrogens with one attached hydrogen (secondary N) is 1. The zero-order valence-corrected chi connectivity index (χ0v) is 19.1. The minimum atomic E-state index is -0.0150. The maximum atomic E-state index is 12.5. The third kappa shape index (κ3) is 5.81. The number of carbonyl (C=O) groups excluding carboxylic acids is 1. The lowest BCUT2D eigenvalue weighted by atomic mass is 10.1. The zero-order valence-electron chi connectivity index (χ0n) is 18.3. The van der Waals surface area contributed by atoms with Crippen molar-refractivity contribution in [2.75, 3.05) is 32.7 Å². The summed E-state index contributed by atoms with van der Waals surface area (Å²) in [5.41, 5.74) is 3.24. The van der Waals surface area contributed by atoms with E-state index in [9.17, 15) is 4.79 Å². The van der Waals surface area contributed by atoms with Crippen LogP contribution in [-0.4, -0.2) is 53.4 Å². The first-order valence-electron chi connectivity index (χ1n) is 10.9. The molecule has 1 fully saturated rings. The number of furan rings is 1. The first kappa shape index (κ1) is 21.7. The topological polar surface area (TPSA) is 61.6 Å². The summed E-state index contributed by atoms with van der Waals surface area (Å²) in [6, 6.07) is 12.2. The Morgan fingerprint density at radius 1 is 1.10 bits per heavy atom. The Hall–Kier alpha value is -2.48. The van der Waals surface area contributed by atoms with Gasteiger partial charge in [0.2, 0.25) is 5.91 Å². The second-order valence-electron chi connectivity index (χ2n) is 7.99. The lowest BCUT2D eigenvalue weighted by Crippen LogP contribution is -2.45. The van der Waals surface area contributed by atoms with Gasteiger partial charge in [0.25, 0.3) is 0 Å². The summed E-state index contributed by atoms with van der Waals surface area (Å²) < 4.78 is 5.62. The lowest BCUT2D eigenvalue weighted by molar-refractivity contribution is -0.120. The number of benzene rings is 1. The Morgan fingerprint density at radius 3 is 2.55 bits per heavy atom. The molecule has 7 heteroatoms. The van der Waals surface area contributed by atoms with Crippen LogP contribution in [0.2, 0.25) is 0 Å². The van der Waals surface area contributed by atoms with Crippen LogP contribution in [0, 0.1) is 6.92 Å². The maximum absolute atomic E-state index is 12.5. The number of nitrogens with zero attached hydrogens (tertiary/aromatic N) is 3. The highest BCUT2D eigenvalue weighted by Gasteiger charge is 2.17. The fourth-order valence-electron chi connectivity index (χ4n) is 3.86. The average Bonchev–Trinajstić information content (AvgIpc) is 3.42. The quantitative estimate of drug-likeness (QED) is 0.581. The van der Waals surface area contributed by atoms with Crippen LogP contribution in [0.25, 0.3) is 10.8 Å². The number of amides is 1. The number of thiazole rings is 1. The number of hydrogen-bond donors (Lipinski definition) is 1. The van der Waals surface area contributed by atoms with Crippen molar-refractivity contribution in [3.8, 4) is 10.8 Å². The highest BCUT2D eigenvalue weighted by atomic mass is 32.1. The van der Waals surface area contributed by atoms with E-state index in [1.54, 1.807) is 0 Å². The van der Waals surface area contributed by atoms with Crippen molar-refractivity contribution < 1.29 is 9.21 Å². The number of rotatable bonds is 8. The molecule has 1 aliphatic rings. The molecule has 3 heterocycles. The predicted molar refractivity (Wildman–Crippen MR) is 124 cm³/mol.